The number of aliphatic hydroxyl groups is 1. The van der Waals surface area contributed by atoms with Gasteiger partial charge in [0.05, 0.1) is 12.3 Å². The summed E-state index contributed by atoms with van der Waals surface area (Å²) in [6.45, 7) is 4.04. The number of benzene rings is 2. The van der Waals surface area contributed by atoms with Gasteiger partial charge >= 0.3 is 0 Å². The van der Waals surface area contributed by atoms with Gasteiger partial charge in [0.25, 0.3) is 5.91 Å². The molecule has 1 unspecified atom stereocenters. The van der Waals surface area contributed by atoms with Crippen LogP contribution in [0.3, 0.4) is 0 Å². The van der Waals surface area contributed by atoms with Crippen LogP contribution < -0.4 is 9.64 Å². The Bertz CT molecular complexity index is 772. The van der Waals surface area contributed by atoms with Crippen molar-refractivity contribution in [2.45, 2.75) is 26.4 Å². The molecule has 0 saturated heterocycles. The first-order valence-corrected chi connectivity index (χ1v) is 7.97. The smallest absolute Gasteiger partial charge is 0.268 e. The number of phenols is 1. The highest BCUT2D eigenvalue weighted by Gasteiger charge is 2.34. The van der Waals surface area contributed by atoms with Gasteiger partial charge in [0.1, 0.15) is 11.5 Å². The monoisotopic (exact) mass is 327 g/mol. The zero-order chi connectivity index (χ0) is 17.3. The van der Waals surface area contributed by atoms with E-state index in [4.69, 9.17) is 4.74 Å². The quantitative estimate of drug-likeness (QED) is 0.904. The van der Waals surface area contributed by atoms with Crippen LogP contribution in [0.15, 0.2) is 36.4 Å². The van der Waals surface area contributed by atoms with Crippen LogP contribution >= 0.6 is 0 Å². The molecule has 5 nitrogen and oxygen atoms in total. The number of aliphatic hydroxyl groups excluding tert-OH is 1. The largest absolute Gasteiger partial charge is 0.508 e. The van der Waals surface area contributed by atoms with Crippen molar-refractivity contribution in [1.29, 1.82) is 0 Å². The number of aromatic hydroxyl groups is 1. The second-order valence-electron chi connectivity index (χ2n) is 6.11. The van der Waals surface area contributed by atoms with E-state index >= 15 is 0 Å². The van der Waals surface area contributed by atoms with Crippen molar-refractivity contribution < 1.29 is 19.7 Å². The number of aryl methyl sites for hydroxylation is 2. The number of hydrogen-bond acceptors (Lipinski definition) is 4. The summed E-state index contributed by atoms with van der Waals surface area (Å²) >= 11 is 0. The molecule has 0 aromatic heterocycles. The molecule has 5 heteroatoms. The minimum Gasteiger partial charge on any atom is -0.508 e. The third kappa shape index (κ3) is 3.08. The Morgan fingerprint density at radius 1 is 1.17 bits per heavy atom. The normalized spacial score (nSPS) is 16.7. The number of hydrogen-bond donors (Lipinski definition) is 2. The Hall–Kier alpha value is -2.53. The average molecular weight is 327 g/mol. The summed E-state index contributed by atoms with van der Waals surface area (Å²) in [5, 5.41) is 19.0. The number of carbonyl (C=O) groups is 1. The lowest BCUT2D eigenvalue weighted by Gasteiger charge is -2.34. The van der Waals surface area contributed by atoms with E-state index in [2.05, 4.69) is 6.07 Å². The van der Waals surface area contributed by atoms with E-state index in [-0.39, 0.29) is 24.8 Å². The Kier molecular flexibility index (Phi) is 4.44. The van der Waals surface area contributed by atoms with Gasteiger partial charge in [-0.05, 0) is 37.1 Å². The SMILES string of the molecule is Cc1ccc(C)c(CC2Oc3ccc(O)cc3N(CCO)C2=O)c1. The molecule has 1 aliphatic heterocycles. The predicted molar refractivity (Wildman–Crippen MR) is 91.6 cm³/mol. The third-order valence-corrected chi connectivity index (χ3v) is 4.28. The van der Waals surface area contributed by atoms with Gasteiger partial charge in [0.2, 0.25) is 0 Å². The molecule has 1 heterocycles. The van der Waals surface area contributed by atoms with Crippen LogP contribution in [-0.4, -0.2) is 35.4 Å². The first kappa shape index (κ1) is 16.3. The van der Waals surface area contributed by atoms with Gasteiger partial charge in [-0.25, -0.2) is 0 Å². The number of anilines is 1. The lowest BCUT2D eigenvalue weighted by molar-refractivity contribution is -0.126. The molecule has 1 amide bonds. The van der Waals surface area contributed by atoms with Crippen LogP contribution in [0.4, 0.5) is 5.69 Å². The molecule has 0 spiro atoms. The number of carbonyl (C=O) groups excluding carboxylic acids is 1. The Morgan fingerprint density at radius 3 is 2.71 bits per heavy atom. The van der Waals surface area contributed by atoms with E-state index < -0.39 is 6.10 Å². The molecule has 0 fully saturated rings. The first-order valence-electron chi connectivity index (χ1n) is 7.97. The highest BCUT2D eigenvalue weighted by Crippen LogP contribution is 2.37. The molecule has 0 bridgehead atoms. The minimum absolute atomic E-state index is 0.0565. The molecule has 2 N–H and O–H groups in total. The zero-order valence-corrected chi connectivity index (χ0v) is 13.8. The predicted octanol–water partition coefficient (Wildman–Crippen LogP) is 2.34. The topological polar surface area (TPSA) is 70.0 Å². The number of fused-ring (bicyclic) bond motifs is 1. The number of phenolic OH excluding ortho intramolecular Hbond substituents is 1. The van der Waals surface area contributed by atoms with Crippen molar-refractivity contribution in [2.24, 2.45) is 0 Å². The van der Waals surface area contributed by atoms with E-state index in [1.54, 1.807) is 6.07 Å². The van der Waals surface area contributed by atoms with Gasteiger partial charge in [-0.15, -0.1) is 0 Å². The number of nitrogens with zero attached hydrogens (tertiary/aromatic N) is 1. The fourth-order valence-corrected chi connectivity index (χ4v) is 2.99. The Morgan fingerprint density at radius 2 is 1.96 bits per heavy atom. The molecule has 0 saturated carbocycles. The molecule has 126 valence electrons. The summed E-state index contributed by atoms with van der Waals surface area (Å²) in [6, 6.07) is 10.8. The number of β-amino-alcohol motifs (C(OH)–C–C–N with tert-alkyl or cyclic N) is 1. The summed E-state index contributed by atoms with van der Waals surface area (Å²) < 4.78 is 5.89. The van der Waals surface area contributed by atoms with E-state index in [9.17, 15) is 15.0 Å². The molecule has 0 aliphatic carbocycles. The van der Waals surface area contributed by atoms with Crippen LogP contribution in [0.25, 0.3) is 0 Å². The van der Waals surface area contributed by atoms with Gasteiger partial charge in [0, 0.05) is 19.0 Å². The maximum absolute atomic E-state index is 12.8. The Balaban J connectivity index is 1.94. The van der Waals surface area contributed by atoms with Crippen molar-refractivity contribution in [3.63, 3.8) is 0 Å². The van der Waals surface area contributed by atoms with Crippen molar-refractivity contribution >= 4 is 11.6 Å². The van der Waals surface area contributed by atoms with Gasteiger partial charge in [0.15, 0.2) is 6.10 Å². The highest BCUT2D eigenvalue weighted by molar-refractivity contribution is 6.00. The molecular formula is C19H21NO4. The average Bonchev–Trinajstić information content (AvgIpc) is 2.55. The second kappa shape index (κ2) is 6.53. The minimum atomic E-state index is -0.644. The standard InChI is InChI=1S/C19H21NO4/c1-12-3-4-13(2)14(9-12)10-18-19(23)20(7-8-21)16-11-15(22)5-6-17(16)24-18/h3-6,9,11,18,21-22H,7-8,10H2,1-2H3. The maximum Gasteiger partial charge on any atom is 0.268 e. The van der Waals surface area contributed by atoms with Crippen LogP contribution in [0, 0.1) is 13.8 Å². The summed E-state index contributed by atoms with van der Waals surface area (Å²) in [4.78, 5) is 14.3. The molecule has 3 rings (SSSR count). The summed E-state index contributed by atoms with van der Waals surface area (Å²) in [5.41, 5.74) is 3.81. The maximum atomic E-state index is 12.8. The summed E-state index contributed by atoms with van der Waals surface area (Å²) in [6.07, 6.45) is -0.178. The van der Waals surface area contributed by atoms with Crippen molar-refractivity contribution in [3.8, 4) is 11.5 Å². The molecule has 2 aromatic rings. The lowest BCUT2D eigenvalue weighted by atomic mass is 9.98. The van der Waals surface area contributed by atoms with E-state index in [1.165, 1.54) is 17.0 Å². The summed E-state index contributed by atoms with van der Waals surface area (Å²) in [7, 11) is 0. The second-order valence-corrected chi connectivity index (χ2v) is 6.11. The number of amides is 1. The Labute approximate surface area is 141 Å². The third-order valence-electron chi connectivity index (χ3n) is 4.28. The van der Waals surface area contributed by atoms with Crippen molar-refractivity contribution in [2.75, 3.05) is 18.1 Å². The van der Waals surface area contributed by atoms with E-state index in [0.717, 1.165) is 16.7 Å². The first-order chi connectivity index (χ1) is 11.5. The molecule has 1 atom stereocenters. The van der Waals surface area contributed by atoms with E-state index in [1.807, 2.05) is 26.0 Å². The molecular weight excluding hydrogens is 306 g/mol. The number of rotatable bonds is 4. The fraction of sp³-hybridized carbons (Fsp3) is 0.316. The molecule has 1 aliphatic rings. The van der Waals surface area contributed by atoms with Gasteiger partial charge in [-0.1, -0.05) is 23.8 Å². The van der Waals surface area contributed by atoms with Crippen LogP contribution in [0.5, 0.6) is 11.5 Å². The van der Waals surface area contributed by atoms with Crippen molar-refractivity contribution in [1.82, 2.24) is 0 Å². The highest BCUT2D eigenvalue weighted by atomic mass is 16.5. The van der Waals surface area contributed by atoms with Gasteiger partial charge in [-0.3, -0.25) is 4.79 Å². The number of ether oxygens (including phenoxy) is 1. The van der Waals surface area contributed by atoms with Crippen molar-refractivity contribution in [3.05, 3.63) is 53.1 Å². The van der Waals surface area contributed by atoms with Crippen LogP contribution in [-0.2, 0) is 11.2 Å². The van der Waals surface area contributed by atoms with Gasteiger partial charge < -0.3 is 19.8 Å². The van der Waals surface area contributed by atoms with E-state index in [0.29, 0.717) is 17.9 Å². The zero-order valence-electron chi connectivity index (χ0n) is 13.8. The van der Waals surface area contributed by atoms with Gasteiger partial charge in [-0.2, -0.15) is 0 Å². The molecule has 24 heavy (non-hydrogen) atoms. The summed E-state index contributed by atoms with van der Waals surface area (Å²) in [5.74, 6) is 0.389. The van der Waals surface area contributed by atoms with Crippen LogP contribution in [0.1, 0.15) is 16.7 Å². The van der Waals surface area contributed by atoms with Crippen LogP contribution in [0.2, 0.25) is 0 Å². The lowest BCUT2D eigenvalue weighted by Crippen LogP contribution is -2.48. The molecule has 0 radical (unpaired) electrons. The molecule has 2 aromatic carbocycles. The fourth-order valence-electron chi connectivity index (χ4n) is 2.99.